The number of nitrogens with one attached hydrogen (secondary N) is 1. The van der Waals surface area contributed by atoms with Crippen molar-refractivity contribution >= 4 is 0 Å². The average molecular weight is 233 g/mol. The highest BCUT2D eigenvalue weighted by molar-refractivity contribution is 5.43. The first-order chi connectivity index (χ1) is 8.33. The molecule has 1 aromatic rings. The van der Waals surface area contributed by atoms with Gasteiger partial charge in [0.05, 0.1) is 0 Å². The van der Waals surface area contributed by atoms with Crippen LogP contribution in [0.15, 0.2) is 18.2 Å². The van der Waals surface area contributed by atoms with Crippen LogP contribution in [0, 0.1) is 5.92 Å². The summed E-state index contributed by atoms with van der Waals surface area (Å²) in [6.07, 6.45) is 2.77. The lowest BCUT2D eigenvalue weighted by molar-refractivity contribution is 0.171. The van der Waals surface area contributed by atoms with Crippen LogP contribution >= 0.6 is 0 Å². The third-order valence-corrected chi connectivity index (χ3v) is 3.56. The van der Waals surface area contributed by atoms with Crippen molar-refractivity contribution in [3.05, 3.63) is 23.8 Å². The Balaban J connectivity index is 1.62. The van der Waals surface area contributed by atoms with Crippen molar-refractivity contribution < 1.29 is 9.47 Å². The highest BCUT2D eigenvalue weighted by Crippen LogP contribution is 2.33. The number of hydrogen-bond donors (Lipinski definition) is 1. The molecule has 1 fully saturated rings. The maximum absolute atomic E-state index is 5.58. The normalized spacial score (nSPS) is 20.1. The molecule has 92 valence electrons. The predicted molar refractivity (Wildman–Crippen MR) is 66.5 cm³/mol. The van der Waals surface area contributed by atoms with Crippen molar-refractivity contribution in [3.63, 3.8) is 0 Å². The number of ether oxygens (including phenoxy) is 2. The maximum Gasteiger partial charge on any atom is 0.161 e. The van der Waals surface area contributed by atoms with Crippen LogP contribution in [0.2, 0.25) is 0 Å². The predicted octanol–water partition coefficient (Wildman–Crippen LogP) is 2.35. The molecule has 0 radical (unpaired) electrons. The third-order valence-electron chi connectivity index (χ3n) is 3.56. The first kappa shape index (κ1) is 10.9. The number of rotatable bonds is 4. The Morgan fingerprint density at radius 2 is 2.00 bits per heavy atom. The first-order valence-electron chi connectivity index (χ1n) is 6.45. The topological polar surface area (TPSA) is 30.5 Å². The summed E-state index contributed by atoms with van der Waals surface area (Å²) in [5.41, 5.74) is 1.27. The Hall–Kier alpha value is -1.22. The summed E-state index contributed by atoms with van der Waals surface area (Å²) in [5, 5.41) is 3.57. The van der Waals surface area contributed by atoms with Gasteiger partial charge in [-0.25, -0.2) is 0 Å². The molecule has 1 aliphatic heterocycles. The fourth-order valence-electron chi connectivity index (χ4n) is 2.24. The fraction of sp³-hybridized carbons (Fsp3) is 0.571. The molecule has 1 unspecified atom stereocenters. The van der Waals surface area contributed by atoms with Gasteiger partial charge in [-0.2, -0.15) is 0 Å². The molecular weight excluding hydrogens is 214 g/mol. The zero-order chi connectivity index (χ0) is 11.7. The Labute approximate surface area is 102 Å². The van der Waals surface area contributed by atoms with Crippen LogP contribution in [-0.4, -0.2) is 19.3 Å². The molecule has 3 heteroatoms. The summed E-state index contributed by atoms with van der Waals surface area (Å²) in [7, 11) is 0. The van der Waals surface area contributed by atoms with Gasteiger partial charge >= 0.3 is 0 Å². The smallest absolute Gasteiger partial charge is 0.161 e. The average Bonchev–Trinajstić information content (AvgIpc) is 3.20. The zero-order valence-corrected chi connectivity index (χ0v) is 10.2. The van der Waals surface area contributed by atoms with E-state index in [1.165, 1.54) is 18.4 Å². The number of benzene rings is 1. The van der Waals surface area contributed by atoms with Crippen LogP contribution in [0.5, 0.6) is 11.5 Å². The van der Waals surface area contributed by atoms with Gasteiger partial charge in [-0.3, -0.25) is 0 Å². The van der Waals surface area contributed by atoms with Gasteiger partial charge in [0, 0.05) is 12.6 Å². The highest BCUT2D eigenvalue weighted by Gasteiger charge is 2.27. The molecule has 3 nitrogen and oxygen atoms in total. The second-order valence-electron chi connectivity index (χ2n) is 4.99. The summed E-state index contributed by atoms with van der Waals surface area (Å²) >= 11 is 0. The minimum absolute atomic E-state index is 0.628. The van der Waals surface area contributed by atoms with Crippen molar-refractivity contribution in [1.82, 2.24) is 5.32 Å². The van der Waals surface area contributed by atoms with E-state index in [4.69, 9.17) is 9.47 Å². The van der Waals surface area contributed by atoms with Crippen molar-refractivity contribution in [2.45, 2.75) is 32.4 Å². The second kappa shape index (κ2) is 4.57. The Morgan fingerprint density at radius 3 is 2.76 bits per heavy atom. The quantitative estimate of drug-likeness (QED) is 0.866. The van der Waals surface area contributed by atoms with Gasteiger partial charge in [-0.15, -0.1) is 0 Å². The summed E-state index contributed by atoms with van der Waals surface area (Å²) in [5.74, 6) is 2.65. The molecule has 0 amide bonds. The van der Waals surface area contributed by atoms with Crippen molar-refractivity contribution in [2.75, 3.05) is 13.2 Å². The summed E-state index contributed by atoms with van der Waals surface area (Å²) in [6, 6.07) is 6.83. The SMILES string of the molecule is CC(NCc1ccc2c(c1)OCCO2)C1CC1. The fourth-order valence-corrected chi connectivity index (χ4v) is 2.24. The van der Waals surface area contributed by atoms with Crippen molar-refractivity contribution in [3.8, 4) is 11.5 Å². The summed E-state index contributed by atoms with van der Waals surface area (Å²) in [6.45, 7) is 4.50. The number of fused-ring (bicyclic) bond motifs is 1. The van der Waals surface area contributed by atoms with Gasteiger partial charge < -0.3 is 14.8 Å². The molecule has 1 saturated carbocycles. The molecule has 0 saturated heterocycles. The molecule has 1 aliphatic carbocycles. The lowest BCUT2D eigenvalue weighted by atomic mass is 10.1. The monoisotopic (exact) mass is 233 g/mol. The summed E-state index contributed by atoms with van der Waals surface area (Å²) < 4.78 is 11.1. The molecule has 0 spiro atoms. The van der Waals surface area contributed by atoms with E-state index in [9.17, 15) is 0 Å². The molecule has 1 heterocycles. The van der Waals surface area contributed by atoms with E-state index in [0.29, 0.717) is 19.3 Å². The second-order valence-corrected chi connectivity index (χ2v) is 4.99. The van der Waals surface area contributed by atoms with Gasteiger partial charge in [-0.1, -0.05) is 6.07 Å². The first-order valence-corrected chi connectivity index (χ1v) is 6.45. The van der Waals surface area contributed by atoms with E-state index in [1.807, 2.05) is 6.07 Å². The van der Waals surface area contributed by atoms with Gasteiger partial charge in [0.2, 0.25) is 0 Å². The standard InChI is InChI=1S/C14H19NO2/c1-10(12-3-4-12)15-9-11-2-5-13-14(8-11)17-7-6-16-13/h2,5,8,10,12,15H,3-4,6-7,9H2,1H3. The van der Waals surface area contributed by atoms with Crippen LogP contribution in [0.3, 0.4) is 0 Å². The Bertz CT molecular complexity index is 401. The van der Waals surface area contributed by atoms with E-state index >= 15 is 0 Å². The van der Waals surface area contributed by atoms with E-state index in [-0.39, 0.29) is 0 Å². The highest BCUT2D eigenvalue weighted by atomic mass is 16.6. The van der Waals surface area contributed by atoms with Crippen LogP contribution < -0.4 is 14.8 Å². The molecule has 17 heavy (non-hydrogen) atoms. The van der Waals surface area contributed by atoms with E-state index in [1.54, 1.807) is 0 Å². The Kier molecular flexibility index (Phi) is 2.93. The van der Waals surface area contributed by atoms with Crippen molar-refractivity contribution in [1.29, 1.82) is 0 Å². The van der Waals surface area contributed by atoms with Crippen molar-refractivity contribution in [2.24, 2.45) is 5.92 Å². The minimum atomic E-state index is 0.628. The molecule has 0 aromatic heterocycles. The van der Waals surface area contributed by atoms with Crippen LogP contribution in [0.25, 0.3) is 0 Å². The molecule has 1 aromatic carbocycles. The Morgan fingerprint density at radius 1 is 1.24 bits per heavy atom. The maximum atomic E-state index is 5.58. The minimum Gasteiger partial charge on any atom is -0.486 e. The number of hydrogen-bond acceptors (Lipinski definition) is 3. The largest absolute Gasteiger partial charge is 0.486 e. The van der Waals surface area contributed by atoms with E-state index < -0.39 is 0 Å². The molecule has 2 aliphatic rings. The van der Waals surface area contributed by atoms with Gasteiger partial charge in [0.25, 0.3) is 0 Å². The molecule has 3 rings (SSSR count). The van der Waals surface area contributed by atoms with Gasteiger partial charge in [0.1, 0.15) is 13.2 Å². The molecule has 1 atom stereocenters. The lowest BCUT2D eigenvalue weighted by Crippen LogP contribution is -2.27. The molecule has 0 bridgehead atoms. The van der Waals surface area contributed by atoms with Gasteiger partial charge in [0.15, 0.2) is 11.5 Å². The van der Waals surface area contributed by atoms with Crippen LogP contribution in [0.1, 0.15) is 25.3 Å². The van der Waals surface area contributed by atoms with Crippen LogP contribution in [-0.2, 0) is 6.54 Å². The molecule has 1 N–H and O–H groups in total. The zero-order valence-electron chi connectivity index (χ0n) is 10.2. The lowest BCUT2D eigenvalue weighted by Gasteiger charge is -2.19. The molecular formula is C14H19NO2. The van der Waals surface area contributed by atoms with Gasteiger partial charge in [-0.05, 0) is 43.4 Å². The summed E-state index contributed by atoms with van der Waals surface area (Å²) in [4.78, 5) is 0. The van der Waals surface area contributed by atoms with E-state index in [0.717, 1.165) is 24.0 Å². The van der Waals surface area contributed by atoms with Crippen LogP contribution in [0.4, 0.5) is 0 Å². The van der Waals surface area contributed by atoms with E-state index in [2.05, 4.69) is 24.4 Å². The third kappa shape index (κ3) is 2.55.